The number of benzene rings is 2. The van der Waals surface area contributed by atoms with E-state index in [-0.39, 0.29) is 78.9 Å². The topological polar surface area (TPSA) is 237 Å². The van der Waals surface area contributed by atoms with Gasteiger partial charge >= 0.3 is 0 Å². The molecule has 8 heterocycles. The number of fused-ring (bicyclic) bond motifs is 3. The quantitative estimate of drug-likeness (QED) is 0.0462. The average molecular weight is 1980 g/mol. The number of rotatable bonds is 18. The molecular formula is C124H200N10O9. The Hall–Kier alpha value is -8.67. The van der Waals surface area contributed by atoms with Crippen LogP contribution in [0.3, 0.4) is 0 Å². The lowest BCUT2D eigenvalue weighted by molar-refractivity contribution is -0.159. The van der Waals surface area contributed by atoms with E-state index in [1.165, 1.54) is 38.2 Å². The van der Waals surface area contributed by atoms with Crippen LogP contribution in [0.1, 0.15) is 357 Å². The number of amides is 1. The fourth-order valence-electron chi connectivity index (χ4n) is 13.0. The monoisotopic (exact) mass is 1970 g/mol. The molecule has 4 aliphatic heterocycles. The number of aryl methyl sites for hydroxylation is 1. The largest absolute Gasteiger partial charge is 0.492 e. The van der Waals surface area contributed by atoms with Crippen LogP contribution in [0.15, 0.2) is 97.6 Å². The minimum Gasteiger partial charge on any atom is -0.492 e. The fourth-order valence-corrected chi connectivity index (χ4v) is 13.0. The molecule has 4 aromatic heterocycles. The molecule has 4 fully saturated rings. The molecular weight excluding hydrogens is 1770 g/mol. The first kappa shape index (κ1) is 132. The number of ether oxygens (including phenoxy) is 4. The number of carbonyl (C=O) groups excluding carboxylic acids is 2. The zero-order chi connectivity index (χ0) is 109. The normalized spacial score (nSPS) is 15.3. The second-order valence-electron chi connectivity index (χ2n) is 52.5. The number of primary amides is 1. The molecule has 6 aromatic rings. The summed E-state index contributed by atoms with van der Waals surface area (Å²) in [7, 11) is 1.68. The Balaban J connectivity index is 0.000000795. The molecule has 1 saturated carbocycles. The van der Waals surface area contributed by atoms with Gasteiger partial charge in [0.1, 0.15) is 28.8 Å². The molecule has 5 N–H and O–H groups in total. The lowest BCUT2D eigenvalue weighted by Crippen LogP contribution is -2.50. The van der Waals surface area contributed by atoms with E-state index in [4.69, 9.17) is 34.9 Å². The van der Waals surface area contributed by atoms with Gasteiger partial charge in [0.25, 0.3) is 0 Å². The number of hydrogen-bond acceptors (Lipinski definition) is 17. The maximum absolute atomic E-state index is 12.0. The van der Waals surface area contributed by atoms with Gasteiger partial charge in [0.05, 0.1) is 62.6 Å². The van der Waals surface area contributed by atoms with E-state index in [1.54, 1.807) is 19.5 Å². The number of pyridine rings is 3. The summed E-state index contributed by atoms with van der Waals surface area (Å²) in [6.07, 6.45) is 18.7. The molecule has 0 spiro atoms. The number of Topliss-reactive ketones (excluding diaryl/α,β-unsaturated/α-hetero) is 1. The van der Waals surface area contributed by atoms with Crippen molar-refractivity contribution in [1.29, 1.82) is 0 Å². The zero-order valence-electron chi connectivity index (χ0n) is 97.7. The number of piperazine rings is 1. The molecule has 0 bridgehead atoms. The Bertz CT molecular complexity index is 4960. The van der Waals surface area contributed by atoms with Crippen LogP contribution in [0.25, 0.3) is 21.8 Å². The third-order valence-corrected chi connectivity index (χ3v) is 21.4. The van der Waals surface area contributed by atoms with Gasteiger partial charge in [0.2, 0.25) is 5.91 Å². The zero-order valence-corrected chi connectivity index (χ0v) is 97.7. The Labute approximate surface area is 872 Å². The number of methoxy groups -OCH3 is 1. The summed E-state index contributed by atoms with van der Waals surface area (Å²) in [5.41, 5.74) is 10.3. The SMILES string of the molecule is CC(C)(C)C#CC(C)(C)CO.CC(C)(C)C#CC1(C)COC1.CC(C)(C)C#CC1(O)CCC1.CC(C)(C)C#CCCCO.CC(C)(C)C#CCCOc1cccc2ncccc12.CC(C)(C)CCC(=O)Cc1ccc2cccnc2c1.CC(C)(C)CCC(N)=O.CC(C)(C)CN1CCN(c2ccncc2)CC1.CC(C)CCC(C)(C)C.COC1(C#CC(C)(C)C)COC1.Cc1nnc2n1CCN(CC(C)(C)C)C2. The first-order valence-corrected chi connectivity index (χ1v) is 52.4. The highest BCUT2D eigenvalue weighted by Gasteiger charge is 2.38. The van der Waals surface area contributed by atoms with Crippen molar-refractivity contribution in [1.82, 2.24) is 39.5 Å². The molecule has 1 aliphatic carbocycles. The van der Waals surface area contributed by atoms with Crippen LogP contribution < -0.4 is 15.4 Å². The highest BCUT2D eigenvalue weighted by molar-refractivity contribution is 5.85. The van der Waals surface area contributed by atoms with E-state index in [2.05, 4.69) is 377 Å². The maximum atomic E-state index is 12.0. The number of nitrogens with zero attached hydrogens (tertiary/aromatic N) is 9. The van der Waals surface area contributed by atoms with E-state index in [1.807, 2.05) is 93.8 Å². The lowest BCUT2D eigenvalue weighted by Gasteiger charge is -2.38. The van der Waals surface area contributed by atoms with E-state index in [0.29, 0.717) is 61.1 Å². The van der Waals surface area contributed by atoms with Crippen molar-refractivity contribution in [2.24, 2.45) is 82.0 Å². The second-order valence-corrected chi connectivity index (χ2v) is 52.5. The number of unbranched alkanes of at least 4 members (excludes halogenated alkanes) is 1. The van der Waals surface area contributed by atoms with Crippen molar-refractivity contribution >= 4 is 39.2 Å². The molecule has 0 atom stereocenters. The first-order chi connectivity index (χ1) is 65.5. The summed E-state index contributed by atoms with van der Waals surface area (Å²) in [5, 5.41) is 37.4. The van der Waals surface area contributed by atoms with E-state index < -0.39 is 5.60 Å². The number of aliphatic hydroxyl groups is 3. The smallest absolute Gasteiger partial charge is 0.217 e. The predicted octanol–water partition coefficient (Wildman–Crippen LogP) is 26.0. The number of hydrogen-bond donors (Lipinski definition) is 4. The molecule has 11 rings (SSSR count). The van der Waals surface area contributed by atoms with Gasteiger partial charge in [0, 0.05) is 177 Å². The van der Waals surface area contributed by atoms with Crippen molar-refractivity contribution in [2.45, 2.75) is 378 Å². The number of anilines is 1. The van der Waals surface area contributed by atoms with Crippen LogP contribution >= 0.6 is 0 Å². The molecule has 0 radical (unpaired) electrons. The highest BCUT2D eigenvalue weighted by Crippen LogP contribution is 2.33. The third kappa shape index (κ3) is 69.2. The number of ketones is 1. The summed E-state index contributed by atoms with van der Waals surface area (Å²) in [6, 6.07) is 24.1. The van der Waals surface area contributed by atoms with Gasteiger partial charge in [-0.1, -0.05) is 214 Å². The van der Waals surface area contributed by atoms with Crippen LogP contribution in [0.2, 0.25) is 0 Å². The van der Waals surface area contributed by atoms with Gasteiger partial charge in [-0.15, -0.1) is 16.1 Å². The third-order valence-electron chi connectivity index (χ3n) is 21.4. The Morgan fingerprint density at radius 1 is 0.517 bits per heavy atom. The predicted molar refractivity (Wildman–Crippen MR) is 603 cm³/mol. The van der Waals surface area contributed by atoms with Gasteiger partial charge in [-0.25, -0.2) is 0 Å². The number of nitrogens with two attached hydrogens (primary N) is 1. The van der Waals surface area contributed by atoms with E-state index in [9.17, 15) is 14.7 Å². The molecule has 0 unspecified atom stereocenters. The summed E-state index contributed by atoms with van der Waals surface area (Å²) in [5.74, 6) is 41.4. The number of aliphatic hydroxyl groups excluding tert-OH is 2. The van der Waals surface area contributed by atoms with Crippen LogP contribution in [0, 0.1) is 154 Å². The van der Waals surface area contributed by atoms with Crippen molar-refractivity contribution < 1.29 is 43.9 Å². The maximum Gasteiger partial charge on any atom is 0.217 e. The van der Waals surface area contributed by atoms with Gasteiger partial charge in [-0.3, -0.25) is 34.3 Å². The number of aromatic nitrogens is 6. The first-order valence-electron chi connectivity index (χ1n) is 52.4. The number of carbonyl (C=O) groups is 2. The van der Waals surface area contributed by atoms with Crippen LogP contribution in [-0.2, 0) is 43.3 Å². The van der Waals surface area contributed by atoms with Crippen molar-refractivity contribution in [3.63, 3.8) is 0 Å². The molecule has 5 aliphatic rings. The van der Waals surface area contributed by atoms with Crippen molar-refractivity contribution in [2.75, 3.05) is 104 Å². The average Bonchev–Trinajstić information content (AvgIpc) is 1.54. The molecule has 143 heavy (non-hydrogen) atoms. The summed E-state index contributed by atoms with van der Waals surface area (Å²) >= 11 is 0. The van der Waals surface area contributed by atoms with E-state index in [0.717, 1.165) is 155 Å². The van der Waals surface area contributed by atoms with Gasteiger partial charge < -0.3 is 49.5 Å². The van der Waals surface area contributed by atoms with Gasteiger partial charge in [-0.2, -0.15) is 0 Å². The summed E-state index contributed by atoms with van der Waals surface area (Å²) < 4.78 is 23.5. The molecule has 1 amide bonds. The minimum absolute atomic E-state index is 0.0192. The highest BCUT2D eigenvalue weighted by atomic mass is 16.6. The van der Waals surface area contributed by atoms with Crippen LogP contribution in [-0.4, -0.2) is 177 Å². The Morgan fingerprint density at radius 3 is 1.46 bits per heavy atom. The standard InChI is InChI=1S/C17H19NO.C17H21NO.C14H23N3.C11H20N4.C10H16O2.2C10H16O.C10H18O.C9H16O.C9H20.C7H15NO/c1-17(2,3)11-4-5-13-19-16-10-6-9-15-14(16)8-7-12-18-15;1-17(2,3)9-8-15(19)11-13-6-7-14-5-4-10-18-16(14)12-13;1-14(2,3)12-16-8-10-17(11-9-16)13-4-6-15-7-5-13;1-9-12-13-10-7-14(5-6-15(9)10)8-11(2,3)4;1-9(2,3)5-6-10(11-4)7-12-8-10;1-9(2,3)5-6-10(4)7-11-8-10;1-9(2,3)7-8-10(11)5-4-6-10;1-9(2,3)6-7-10(4,5)8-11;1-9(2,3)7-5-4-6-8-10;1-8(2)6-7-9(3,4)5;1-7(2,3)5-4-6(8)9/h6-10,12H,5,13H2,1-3H3;4-7,10,12H,8-9,11H2,1-3H3;4-7H,8-12H2,1-3H3;5-8H2,1-4H3;7-8H2,1-4H3;7-8H2,1-4H3;11H,4-6H2,1-3H3;11H,8H2,1-5H3;10H,4,6,8H2,1-3H3;8H,6-7H2,1-5H3;4-5H2,1-3H3,(H2,8,9). The fraction of sp³-hybridized carbons (Fsp3) is 0.685. The minimum atomic E-state index is -0.632. The molecule has 19 heteroatoms. The Morgan fingerprint density at radius 2 is 1.01 bits per heavy atom. The van der Waals surface area contributed by atoms with Crippen molar-refractivity contribution in [3.8, 4) is 76.8 Å². The van der Waals surface area contributed by atoms with E-state index >= 15 is 0 Å². The molecule has 2 aromatic carbocycles. The molecule has 3 saturated heterocycles. The van der Waals surface area contributed by atoms with Crippen LogP contribution in [0.4, 0.5) is 5.69 Å². The summed E-state index contributed by atoms with van der Waals surface area (Å²) in [4.78, 5) is 42.4. The van der Waals surface area contributed by atoms with Crippen LogP contribution in [0.5, 0.6) is 5.75 Å². The van der Waals surface area contributed by atoms with Gasteiger partial charge in [-0.05, 0) is 284 Å². The summed E-state index contributed by atoms with van der Waals surface area (Å²) in [6.45, 7) is 97.4. The van der Waals surface area contributed by atoms with Gasteiger partial charge in [0.15, 0.2) is 5.60 Å². The molecule has 19 nitrogen and oxygen atoms in total. The van der Waals surface area contributed by atoms with Crippen molar-refractivity contribution in [3.05, 3.63) is 115 Å². The second kappa shape index (κ2) is 61.2. The Kier molecular flexibility index (Phi) is 56.6. The molecule has 800 valence electrons. The lowest BCUT2D eigenvalue weighted by atomic mass is 9.80.